The lowest BCUT2D eigenvalue weighted by atomic mass is 10.1. The Balaban J connectivity index is 1.80. The number of nitrogens with one attached hydrogen (secondary N) is 1. The molecular weight excluding hydrogens is 281 g/mol. The summed E-state index contributed by atoms with van der Waals surface area (Å²) in [4.78, 5) is 4.43. The molecule has 22 heavy (non-hydrogen) atoms. The van der Waals surface area contributed by atoms with Crippen LogP contribution in [0.1, 0.15) is 18.4 Å². The summed E-state index contributed by atoms with van der Waals surface area (Å²) in [6.45, 7) is 5.54. The average Bonchev–Trinajstić information content (AvgIpc) is 2.95. The standard InChI is InChI=1S/C16H18FN5/c1-3-22-10-19-21-16(22)6-7-18-15-8-11(2)20-14-5-4-12(17)9-13(14)15/h4-5,8-10H,3,6-7H2,1-2H3,(H,18,20). The molecule has 5 nitrogen and oxygen atoms in total. The number of anilines is 1. The van der Waals surface area contributed by atoms with Crippen molar-refractivity contribution in [1.29, 1.82) is 0 Å². The van der Waals surface area contributed by atoms with Gasteiger partial charge >= 0.3 is 0 Å². The van der Waals surface area contributed by atoms with Gasteiger partial charge in [0.15, 0.2) is 0 Å². The largest absolute Gasteiger partial charge is 0.384 e. The Bertz CT molecular complexity index is 796. The molecule has 2 heterocycles. The van der Waals surface area contributed by atoms with Crippen LogP contribution in [-0.4, -0.2) is 26.3 Å². The second kappa shape index (κ2) is 6.09. The molecule has 3 rings (SSSR count). The Morgan fingerprint density at radius 2 is 2.14 bits per heavy atom. The fraction of sp³-hybridized carbons (Fsp3) is 0.312. The van der Waals surface area contributed by atoms with Crippen molar-refractivity contribution < 1.29 is 4.39 Å². The second-order valence-electron chi connectivity index (χ2n) is 5.18. The van der Waals surface area contributed by atoms with Gasteiger partial charge in [-0.1, -0.05) is 0 Å². The number of aryl methyl sites for hydroxylation is 2. The summed E-state index contributed by atoms with van der Waals surface area (Å²) in [6, 6.07) is 6.59. The van der Waals surface area contributed by atoms with Crippen molar-refractivity contribution in [1.82, 2.24) is 19.7 Å². The van der Waals surface area contributed by atoms with Crippen LogP contribution in [0.5, 0.6) is 0 Å². The number of aromatic nitrogens is 4. The Morgan fingerprint density at radius 3 is 2.95 bits per heavy atom. The van der Waals surface area contributed by atoms with Crippen molar-refractivity contribution in [3.05, 3.63) is 47.9 Å². The number of nitrogens with zero attached hydrogens (tertiary/aromatic N) is 4. The van der Waals surface area contributed by atoms with Crippen molar-refractivity contribution in [3.8, 4) is 0 Å². The maximum atomic E-state index is 13.5. The SMILES string of the molecule is CCn1cnnc1CCNc1cc(C)nc2ccc(F)cc12. The minimum atomic E-state index is -0.257. The zero-order chi connectivity index (χ0) is 15.5. The van der Waals surface area contributed by atoms with Crippen molar-refractivity contribution >= 4 is 16.6 Å². The van der Waals surface area contributed by atoms with Crippen LogP contribution in [0.15, 0.2) is 30.6 Å². The first-order valence-electron chi connectivity index (χ1n) is 7.35. The number of hydrogen-bond donors (Lipinski definition) is 1. The first-order chi connectivity index (χ1) is 10.7. The molecule has 0 atom stereocenters. The molecule has 0 fully saturated rings. The van der Waals surface area contributed by atoms with Gasteiger partial charge < -0.3 is 9.88 Å². The molecule has 3 aromatic rings. The van der Waals surface area contributed by atoms with E-state index in [9.17, 15) is 4.39 Å². The lowest BCUT2D eigenvalue weighted by Crippen LogP contribution is -2.10. The molecule has 0 bridgehead atoms. The van der Waals surface area contributed by atoms with Gasteiger partial charge in [0.25, 0.3) is 0 Å². The number of benzene rings is 1. The Morgan fingerprint density at radius 1 is 1.27 bits per heavy atom. The molecule has 0 aliphatic heterocycles. The average molecular weight is 299 g/mol. The van der Waals surface area contributed by atoms with Gasteiger partial charge in [-0.05, 0) is 38.1 Å². The number of pyridine rings is 1. The van der Waals surface area contributed by atoms with Crippen molar-refractivity contribution in [2.24, 2.45) is 0 Å². The molecule has 0 aliphatic carbocycles. The minimum Gasteiger partial charge on any atom is -0.384 e. The van der Waals surface area contributed by atoms with Crippen LogP contribution in [0.4, 0.5) is 10.1 Å². The molecule has 0 spiro atoms. The smallest absolute Gasteiger partial charge is 0.134 e. The van der Waals surface area contributed by atoms with Gasteiger partial charge in [0.2, 0.25) is 0 Å². The van der Waals surface area contributed by atoms with Crippen LogP contribution in [0.2, 0.25) is 0 Å². The zero-order valence-corrected chi connectivity index (χ0v) is 12.7. The third-order valence-corrected chi connectivity index (χ3v) is 3.60. The van der Waals surface area contributed by atoms with E-state index in [2.05, 4.69) is 27.4 Å². The molecule has 1 N–H and O–H groups in total. The Hall–Kier alpha value is -2.50. The molecule has 0 radical (unpaired) electrons. The van der Waals surface area contributed by atoms with E-state index in [4.69, 9.17) is 0 Å². The van der Waals surface area contributed by atoms with E-state index in [-0.39, 0.29) is 5.82 Å². The molecule has 114 valence electrons. The summed E-state index contributed by atoms with van der Waals surface area (Å²) in [5.41, 5.74) is 2.59. The summed E-state index contributed by atoms with van der Waals surface area (Å²) in [6.07, 6.45) is 2.49. The van der Waals surface area contributed by atoms with Crippen LogP contribution in [0.25, 0.3) is 10.9 Å². The molecule has 0 unspecified atom stereocenters. The summed E-state index contributed by atoms with van der Waals surface area (Å²) < 4.78 is 15.5. The van der Waals surface area contributed by atoms with Crippen LogP contribution in [0, 0.1) is 12.7 Å². The Labute approximate surface area is 128 Å². The van der Waals surface area contributed by atoms with E-state index in [1.165, 1.54) is 12.1 Å². The van der Waals surface area contributed by atoms with E-state index >= 15 is 0 Å². The highest BCUT2D eigenvalue weighted by molar-refractivity contribution is 5.91. The molecule has 2 aromatic heterocycles. The topological polar surface area (TPSA) is 55.6 Å². The number of rotatable bonds is 5. The van der Waals surface area contributed by atoms with Gasteiger partial charge in [-0.25, -0.2) is 4.39 Å². The van der Waals surface area contributed by atoms with Crippen LogP contribution >= 0.6 is 0 Å². The number of halogens is 1. The molecule has 0 aliphatic rings. The highest BCUT2D eigenvalue weighted by atomic mass is 19.1. The third-order valence-electron chi connectivity index (χ3n) is 3.60. The number of fused-ring (bicyclic) bond motifs is 1. The van der Waals surface area contributed by atoms with Crippen LogP contribution in [-0.2, 0) is 13.0 Å². The summed E-state index contributed by atoms with van der Waals surface area (Å²) in [7, 11) is 0. The third kappa shape index (κ3) is 2.90. The van der Waals surface area contributed by atoms with Gasteiger partial charge in [0.05, 0.1) is 5.52 Å². The van der Waals surface area contributed by atoms with E-state index < -0.39 is 0 Å². The van der Waals surface area contributed by atoms with Gasteiger partial charge in [0, 0.05) is 36.3 Å². The molecule has 0 saturated carbocycles. The molecule has 0 amide bonds. The van der Waals surface area contributed by atoms with Crippen molar-refractivity contribution in [2.75, 3.05) is 11.9 Å². The highest BCUT2D eigenvalue weighted by Crippen LogP contribution is 2.24. The first kappa shape index (κ1) is 14.4. The Kier molecular flexibility index (Phi) is 4.00. The van der Waals surface area contributed by atoms with Gasteiger partial charge in [-0.2, -0.15) is 0 Å². The summed E-state index contributed by atoms with van der Waals surface area (Å²) >= 11 is 0. The van der Waals surface area contributed by atoms with E-state index in [0.29, 0.717) is 6.54 Å². The van der Waals surface area contributed by atoms with Gasteiger partial charge in [-0.3, -0.25) is 4.98 Å². The predicted molar refractivity (Wildman–Crippen MR) is 84.3 cm³/mol. The fourth-order valence-corrected chi connectivity index (χ4v) is 2.52. The maximum absolute atomic E-state index is 13.5. The quantitative estimate of drug-likeness (QED) is 0.787. The van der Waals surface area contributed by atoms with E-state index in [0.717, 1.165) is 41.1 Å². The predicted octanol–water partition coefficient (Wildman–Crippen LogP) is 2.95. The highest BCUT2D eigenvalue weighted by Gasteiger charge is 2.07. The summed E-state index contributed by atoms with van der Waals surface area (Å²) in [5, 5.41) is 12.2. The molecule has 0 saturated heterocycles. The van der Waals surface area contributed by atoms with Crippen LogP contribution < -0.4 is 5.32 Å². The normalized spacial score (nSPS) is 11.0. The monoisotopic (exact) mass is 299 g/mol. The zero-order valence-electron chi connectivity index (χ0n) is 12.7. The second-order valence-corrected chi connectivity index (χ2v) is 5.18. The maximum Gasteiger partial charge on any atom is 0.134 e. The van der Waals surface area contributed by atoms with E-state index in [1.54, 1.807) is 12.4 Å². The van der Waals surface area contributed by atoms with E-state index in [1.807, 2.05) is 17.6 Å². The van der Waals surface area contributed by atoms with Crippen molar-refractivity contribution in [3.63, 3.8) is 0 Å². The first-order valence-corrected chi connectivity index (χ1v) is 7.35. The van der Waals surface area contributed by atoms with Gasteiger partial charge in [0.1, 0.15) is 18.0 Å². The molecule has 1 aromatic carbocycles. The van der Waals surface area contributed by atoms with Crippen molar-refractivity contribution in [2.45, 2.75) is 26.8 Å². The lowest BCUT2D eigenvalue weighted by Gasteiger charge is -2.11. The minimum absolute atomic E-state index is 0.257. The van der Waals surface area contributed by atoms with Gasteiger partial charge in [-0.15, -0.1) is 10.2 Å². The summed E-state index contributed by atoms with van der Waals surface area (Å²) in [5.74, 6) is 0.684. The fourth-order valence-electron chi connectivity index (χ4n) is 2.52. The molecular formula is C16H18FN5. The number of hydrogen-bond acceptors (Lipinski definition) is 4. The lowest BCUT2D eigenvalue weighted by molar-refractivity contribution is 0.629. The molecule has 6 heteroatoms. The van der Waals surface area contributed by atoms with Crippen LogP contribution in [0.3, 0.4) is 0 Å².